The molecule has 1 amide bonds. The molecule has 0 saturated carbocycles. The van der Waals surface area contributed by atoms with Crippen LogP contribution in [0.25, 0.3) is 17.1 Å². The van der Waals surface area contributed by atoms with Crippen LogP contribution in [0, 0.1) is 5.92 Å². The van der Waals surface area contributed by atoms with Crippen molar-refractivity contribution in [2.75, 3.05) is 13.1 Å². The first kappa shape index (κ1) is 21.5. The van der Waals surface area contributed by atoms with E-state index in [1.54, 1.807) is 17.4 Å². The van der Waals surface area contributed by atoms with E-state index >= 15 is 0 Å². The van der Waals surface area contributed by atoms with Gasteiger partial charge < -0.3 is 14.2 Å². The van der Waals surface area contributed by atoms with E-state index in [2.05, 4.69) is 22.8 Å². The van der Waals surface area contributed by atoms with Crippen molar-refractivity contribution in [3.8, 4) is 5.75 Å². The first-order chi connectivity index (χ1) is 16.3. The smallest absolute Gasteiger partial charge is 0.246 e. The highest BCUT2D eigenvalue weighted by atomic mass is 32.1. The van der Waals surface area contributed by atoms with Gasteiger partial charge in [-0.1, -0.05) is 36.4 Å². The van der Waals surface area contributed by atoms with Gasteiger partial charge in [0.2, 0.25) is 5.91 Å². The third-order valence-electron chi connectivity index (χ3n) is 6.15. The molecule has 0 N–H and O–H groups in total. The van der Waals surface area contributed by atoms with E-state index in [0.717, 1.165) is 60.0 Å². The van der Waals surface area contributed by atoms with Gasteiger partial charge in [0.05, 0.1) is 11.0 Å². The number of carbonyl (C=O) groups is 1. The molecule has 3 heterocycles. The number of piperidine rings is 1. The van der Waals surface area contributed by atoms with Crippen molar-refractivity contribution in [3.05, 3.63) is 88.9 Å². The van der Waals surface area contributed by atoms with Gasteiger partial charge in [0.25, 0.3) is 0 Å². The molecule has 2 aromatic carbocycles. The van der Waals surface area contributed by atoms with Crippen LogP contribution in [0.2, 0.25) is 0 Å². The molecule has 5 nitrogen and oxygen atoms in total. The van der Waals surface area contributed by atoms with Gasteiger partial charge in [-0.15, -0.1) is 11.3 Å². The highest BCUT2D eigenvalue weighted by Crippen LogP contribution is 2.25. The van der Waals surface area contributed by atoms with Crippen LogP contribution >= 0.6 is 11.3 Å². The minimum absolute atomic E-state index is 0.104. The van der Waals surface area contributed by atoms with Gasteiger partial charge in [-0.3, -0.25) is 4.79 Å². The largest absolute Gasteiger partial charge is 0.486 e. The zero-order valence-electron chi connectivity index (χ0n) is 18.5. The minimum atomic E-state index is 0.104. The van der Waals surface area contributed by atoms with E-state index in [1.165, 1.54) is 0 Å². The lowest BCUT2D eigenvalue weighted by molar-refractivity contribution is -0.127. The summed E-state index contributed by atoms with van der Waals surface area (Å²) in [6.07, 6.45) is 5.60. The van der Waals surface area contributed by atoms with Crippen molar-refractivity contribution in [1.82, 2.24) is 14.5 Å². The highest BCUT2D eigenvalue weighted by molar-refractivity contribution is 7.10. The molecule has 1 saturated heterocycles. The molecule has 6 heteroatoms. The number of benzene rings is 2. The summed E-state index contributed by atoms with van der Waals surface area (Å²) in [5, 5.41) is 2.02. The molecule has 0 bridgehead atoms. The van der Waals surface area contributed by atoms with E-state index in [1.807, 2.05) is 64.9 Å². The summed E-state index contributed by atoms with van der Waals surface area (Å²) in [7, 11) is 0. The molecule has 2 aromatic heterocycles. The fraction of sp³-hybridized carbons (Fsp3) is 0.259. The van der Waals surface area contributed by atoms with Crippen LogP contribution in [0.1, 0.15) is 23.5 Å². The summed E-state index contributed by atoms with van der Waals surface area (Å²) in [5.41, 5.74) is 2.14. The van der Waals surface area contributed by atoms with Crippen LogP contribution in [-0.4, -0.2) is 33.4 Å². The number of likely N-dealkylation sites (tertiary alicyclic amines) is 1. The Kier molecular flexibility index (Phi) is 6.53. The zero-order chi connectivity index (χ0) is 22.5. The van der Waals surface area contributed by atoms with Crippen LogP contribution in [0.15, 0.2) is 78.2 Å². The molecule has 0 radical (unpaired) electrons. The molecule has 1 fully saturated rings. The van der Waals surface area contributed by atoms with Crippen LogP contribution in [0.5, 0.6) is 5.75 Å². The number of rotatable bonds is 7. The Bertz CT molecular complexity index is 1220. The van der Waals surface area contributed by atoms with Crippen LogP contribution < -0.4 is 4.74 Å². The number of nitrogens with zero attached hydrogens (tertiary/aromatic N) is 3. The first-order valence-electron chi connectivity index (χ1n) is 11.4. The second-order valence-corrected chi connectivity index (χ2v) is 9.33. The molecular weight excluding hydrogens is 430 g/mol. The predicted molar refractivity (Wildman–Crippen MR) is 133 cm³/mol. The number of hydrogen-bond donors (Lipinski definition) is 0. The van der Waals surface area contributed by atoms with Crippen LogP contribution in [0.3, 0.4) is 0 Å². The molecule has 0 unspecified atom stereocenters. The van der Waals surface area contributed by atoms with Gasteiger partial charge in [0.1, 0.15) is 18.2 Å². The van der Waals surface area contributed by atoms with E-state index in [9.17, 15) is 4.79 Å². The van der Waals surface area contributed by atoms with Crippen molar-refractivity contribution < 1.29 is 9.53 Å². The molecule has 33 heavy (non-hydrogen) atoms. The number of imidazole rings is 1. The summed E-state index contributed by atoms with van der Waals surface area (Å²) < 4.78 is 8.32. The molecule has 168 valence electrons. The van der Waals surface area contributed by atoms with Gasteiger partial charge in [0, 0.05) is 30.6 Å². The molecule has 0 atom stereocenters. The molecular formula is C27H27N3O2S. The second kappa shape index (κ2) is 10.0. The second-order valence-electron chi connectivity index (χ2n) is 8.35. The first-order valence-corrected chi connectivity index (χ1v) is 12.3. The SMILES string of the molecule is O=C(/C=C/c1cccs1)N1CCC(Cn2c(COc3ccccc3)nc3ccccc32)CC1. The Morgan fingerprint density at radius 1 is 1.03 bits per heavy atom. The molecule has 0 aliphatic carbocycles. The van der Waals surface area contributed by atoms with Gasteiger partial charge in [0.15, 0.2) is 0 Å². The maximum Gasteiger partial charge on any atom is 0.246 e. The maximum atomic E-state index is 12.6. The third kappa shape index (κ3) is 5.17. The van der Waals surface area contributed by atoms with Gasteiger partial charge in [-0.25, -0.2) is 4.98 Å². The van der Waals surface area contributed by atoms with Crippen LogP contribution in [0.4, 0.5) is 0 Å². The van der Waals surface area contributed by atoms with Crippen molar-refractivity contribution in [2.24, 2.45) is 5.92 Å². The summed E-state index contributed by atoms with van der Waals surface area (Å²) in [6.45, 7) is 2.91. The Hall–Kier alpha value is -3.38. The fourth-order valence-electron chi connectivity index (χ4n) is 4.34. The lowest BCUT2D eigenvalue weighted by Crippen LogP contribution is -2.38. The maximum absolute atomic E-state index is 12.6. The number of fused-ring (bicyclic) bond motifs is 1. The molecule has 0 spiro atoms. The van der Waals surface area contributed by atoms with Crippen molar-refractivity contribution >= 4 is 34.4 Å². The summed E-state index contributed by atoms with van der Waals surface area (Å²) >= 11 is 1.64. The third-order valence-corrected chi connectivity index (χ3v) is 6.98. The van der Waals surface area contributed by atoms with Crippen molar-refractivity contribution in [3.63, 3.8) is 0 Å². The standard InChI is InChI=1S/C27H27N3O2S/c31-27(13-12-23-9-6-18-33-23)29-16-14-21(15-17-29)19-30-25-11-5-4-10-24(25)28-26(30)20-32-22-7-2-1-3-8-22/h1-13,18,21H,14-17,19-20H2/b13-12+. The Morgan fingerprint density at radius 3 is 2.61 bits per heavy atom. The van der Waals surface area contributed by atoms with E-state index in [-0.39, 0.29) is 5.91 Å². The topological polar surface area (TPSA) is 47.4 Å². The number of carbonyl (C=O) groups excluding carboxylic acids is 1. The van der Waals surface area contributed by atoms with Gasteiger partial charge in [-0.05, 0) is 60.5 Å². The van der Waals surface area contributed by atoms with Crippen LogP contribution in [-0.2, 0) is 17.9 Å². The quantitative estimate of drug-likeness (QED) is 0.338. The highest BCUT2D eigenvalue weighted by Gasteiger charge is 2.23. The van der Waals surface area contributed by atoms with Gasteiger partial charge >= 0.3 is 0 Å². The molecule has 1 aliphatic rings. The minimum Gasteiger partial charge on any atom is -0.486 e. The fourth-order valence-corrected chi connectivity index (χ4v) is 4.96. The predicted octanol–water partition coefficient (Wildman–Crippen LogP) is 5.63. The lowest BCUT2D eigenvalue weighted by Gasteiger charge is -2.32. The Morgan fingerprint density at radius 2 is 1.82 bits per heavy atom. The normalized spacial score (nSPS) is 14.8. The summed E-state index contributed by atoms with van der Waals surface area (Å²) in [5.74, 6) is 2.39. The number of para-hydroxylation sites is 3. The van der Waals surface area contributed by atoms with Gasteiger partial charge in [-0.2, -0.15) is 0 Å². The summed E-state index contributed by atoms with van der Waals surface area (Å²) in [6, 6.07) is 22.2. The number of amides is 1. The van der Waals surface area contributed by atoms with Crippen molar-refractivity contribution in [1.29, 1.82) is 0 Å². The molecule has 4 aromatic rings. The Labute approximate surface area is 197 Å². The Balaban J connectivity index is 1.24. The molecule has 1 aliphatic heterocycles. The number of hydrogen-bond acceptors (Lipinski definition) is 4. The average Bonchev–Trinajstić information content (AvgIpc) is 3.51. The molecule has 5 rings (SSSR count). The lowest BCUT2D eigenvalue weighted by atomic mass is 9.96. The number of ether oxygens (including phenoxy) is 1. The number of thiophene rings is 1. The summed E-state index contributed by atoms with van der Waals surface area (Å²) in [4.78, 5) is 20.5. The van der Waals surface area contributed by atoms with E-state index in [4.69, 9.17) is 9.72 Å². The monoisotopic (exact) mass is 457 g/mol. The number of aromatic nitrogens is 2. The van der Waals surface area contributed by atoms with E-state index in [0.29, 0.717) is 12.5 Å². The average molecular weight is 458 g/mol. The van der Waals surface area contributed by atoms with E-state index < -0.39 is 0 Å². The van der Waals surface area contributed by atoms with Crippen molar-refractivity contribution in [2.45, 2.75) is 26.0 Å². The zero-order valence-corrected chi connectivity index (χ0v) is 19.3.